The number of nitrogens with zero attached hydrogens (tertiary/aromatic N) is 3. The highest BCUT2D eigenvalue weighted by Crippen LogP contribution is 2.38. The van der Waals surface area contributed by atoms with Crippen LogP contribution < -0.4 is 11.1 Å². The Morgan fingerprint density at radius 1 is 1.24 bits per heavy atom. The molecule has 0 fully saturated rings. The van der Waals surface area contributed by atoms with Crippen molar-refractivity contribution in [2.24, 2.45) is 0 Å². The molecule has 108 valence electrons. The van der Waals surface area contributed by atoms with Gasteiger partial charge in [-0.1, -0.05) is 6.07 Å². The molecular formula is C14H15N5S2. The number of aromatic nitrogens is 3. The molecule has 5 nitrogen and oxygen atoms in total. The van der Waals surface area contributed by atoms with E-state index in [0.717, 1.165) is 32.5 Å². The van der Waals surface area contributed by atoms with E-state index in [-0.39, 0.29) is 0 Å². The number of nitrogens with two attached hydrogens (primary N) is 1. The minimum atomic E-state index is 0.527. The molecule has 0 unspecified atom stereocenters. The maximum Gasteiger partial charge on any atom is 0.149 e. The summed E-state index contributed by atoms with van der Waals surface area (Å²) in [6, 6.07) is 4.07. The van der Waals surface area contributed by atoms with Crippen molar-refractivity contribution in [3.05, 3.63) is 40.7 Å². The highest BCUT2D eigenvalue weighted by Gasteiger charge is 2.16. The van der Waals surface area contributed by atoms with Gasteiger partial charge in [0, 0.05) is 29.5 Å². The number of nitrogens with one attached hydrogen (secondary N) is 1. The summed E-state index contributed by atoms with van der Waals surface area (Å²) in [5.74, 6) is 0.527. The van der Waals surface area contributed by atoms with Crippen LogP contribution in [0.2, 0.25) is 0 Å². The van der Waals surface area contributed by atoms with Crippen molar-refractivity contribution in [3.63, 3.8) is 0 Å². The molecule has 3 rings (SSSR count). The fourth-order valence-electron chi connectivity index (χ4n) is 1.88. The summed E-state index contributed by atoms with van der Waals surface area (Å²) < 4.78 is 4.24. The van der Waals surface area contributed by atoms with E-state index in [2.05, 4.69) is 25.7 Å². The standard InChI is InChI=1S/C14H15N5S2/c1-8-3-4-10(5-16-8)6-17-13-11(12(15)19-21-13)14-18-9(2)7-20-14/h3-5,7,17H,6H2,1-2H3,(H2,15,19). The van der Waals surface area contributed by atoms with Gasteiger partial charge >= 0.3 is 0 Å². The fourth-order valence-corrected chi connectivity index (χ4v) is 3.51. The Balaban J connectivity index is 1.81. The molecule has 0 aliphatic rings. The van der Waals surface area contributed by atoms with Gasteiger partial charge in [-0.15, -0.1) is 11.3 Å². The summed E-state index contributed by atoms with van der Waals surface area (Å²) in [5.41, 5.74) is 10.0. The highest BCUT2D eigenvalue weighted by atomic mass is 32.1. The summed E-state index contributed by atoms with van der Waals surface area (Å²) in [7, 11) is 0. The van der Waals surface area contributed by atoms with E-state index in [0.29, 0.717) is 12.4 Å². The Morgan fingerprint density at radius 2 is 2.10 bits per heavy atom. The van der Waals surface area contributed by atoms with Crippen LogP contribution in [0.3, 0.4) is 0 Å². The van der Waals surface area contributed by atoms with Crippen molar-refractivity contribution in [1.82, 2.24) is 14.3 Å². The van der Waals surface area contributed by atoms with E-state index in [1.54, 1.807) is 11.3 Å². The zero-order valence-corrected chi connectivity index (χ0v) is 13.4. The summed E-state index contributed by atoms with van der Waals surface area (Å²) in [5, 5.41) is 7.25. The zero-order chi connectivity index (χ0) is 14.8. The van der Waals surface area contributed by atoms with Crippen molar-refractivity contribution in [2.45, 2.75) is 20.4 Å². The Kier molecular flexibility index (Phi) is 3.85. The summed E-state index contributed by atoms with van der Waals surface area (Å²) in [6.07, 6.45) is 1.87. The third kappa shape index (κ3) is 3.03. The molecule has 3 heterocycles. The van der Waals surface area contributed by atoms with Crippen LogP contribution in [-0.2, 0) is 6.54 Å². The first kappa shape index (κ1) is 14.0. The molecule has 0 aromatic carbocycles. The van der Waals surface area contributed by atoms with Gasteiger partial charge in [0.15, 0.2) is 0 Å². The highest BCUT2D eigenvalue weighted by molar-refractivity contribution is 7.15. The Labute approximate surface area is 131 Å². The molecule has 0 spiro atoms. The topological polar surface area (TPSA) is 76.7 Å². The minimum Gasteiger partial charge on any atom is -0.382 e. The average Bonchev–Trinajstić information content (AvgIpc) is 3.04. The minimum absolute atomic E-state index is 0.527. The molecule has 0 atom stereocenters. The second-order valence-corrected chi connectivity index (χ2v) is 6.36. The lowest BCUT2D eigenvalue weighted by molar-refractivity contribution is 1.09. The van der Waals surface area contributed by atoms with E-state index < -0.39 is 0 Å². The zero-order valence-electron chi connectivity index (χ0n) is 11.8. The SMILES string of the molecule is Cc1ccc(CNc2snc(N)c2-c2nc(C)cs2)cn1. The Hall–Kier alpha value is -1.99. The molecule has 3 aromatic rings. The summed E-state index contributed by atoms with van der Waals surface area (Å²) >= 11 is 2.95. The van der Waals surface area contributed by atoms with Crippen LogP contribution in [0.15, 0.2) is 23.7 Å². The molecule has 0 bridgehead atoms. The van der Waals surface area contributed by atoms with Gasteiger partial charge in [-0.3, -0.25) is 4.98 Å². The van der Waals surface area contributed by atoms with Crippen LogP contribution in [0.1, 0.15) is 17.0 Å². The maximum atomic E-state index is 5.99. The Morgan fingerprint density at radius 3 is 2.76 bits per heavy atom. The van der Waals surface area contributed by atoms with Crippen molar-refractivity contribution in [1.29, 1.82) is 0 Å². The molecule has 3 N–H and O–H groups in total. The molecule has 0 aliphatic carbocycles. The number of rotatable bonds is 4. The molecule has 7 heteroatoms. The third-order valence-corrected chi connectivity index (χ3v) is 4.77. The summed E-state index contributed by atoms with van der Waals surface area (Å²) in [4.78, 5) is 8.79. The maximum absolute atomic E-state index is 5.99. The van der Waals surface area contributed by atoms with Crippen LogP contribution >= 0.6 is 22.9 Å². The van der Waals surface area contributed by atoms with Crippen LogP contribution in [0.4, 0.5) is 10.8 Å². The largest absolute Gasteiger partial charge is 0.382 e. The first-order valence-electron chi connectivity index (χ1n) is 6.46. The number of pyridine rings is 1. The predicted molar refractivity (Wildman–Crippen MR) is 88.7 cm³/mol. The number of aryl methyl sites for hydroxylation is 2. The van der Waals surface area contributed by atoms with Gasteiger partial charge in [0.1, 0.15) is 15.8 Å². The van der Waals surface area contributed by atoms with Crippen LogP contribution in [0, 0.1) is 13.8 Å². The molecular weight excluding hydrogens is 302 g/mol. The smallest absolute Gasteiger partial charge is 0.149 e. The third-order valence-electron chi connectivity index (χ3n) is 2.98. The van der Waals surface area contributed by atoms with E-state index >= 15 is 0 Å². The molecule has 0 aliphatic heterocycles. The van der Waals surface area contributed by atoms with Gasteiger partial charge in [-0.25, -0.2) is 4.98 Å². The molecule has 0 radical (unpaired) electrons. The van der Waals surface area contributed by atoms with Gasteiger partial charge in [0.05, 0.1) is 5.56 Å². The van der Waals surface area contributed by atoms with Crippen LogP contribution in [0.5, 0.6) is 0 Å². The number of anilines is 2. The van der Waals surface area contributed by atoms with E-state index in [4.69, 9.17) is 5.73 Å². The molecule has 0 saturated carbocycles. The van der Waals surface area contributed by atoms with E-state index in [9.17, 15) is 0 Å². The van der Waals surface area contributed by atoms with E-state index in [1.807, 2.05) is 31.5 Å². The average molecular weight is 317 g/mol. The number of hydrogen-bond acceptors (Lipinski definition) is 7. The van der Waals surface area contributed by atoms with Gasteiger partial charge in [-0.2, -0.15) is 4.37 Å². The normalized spacial score (nSPS) is 10.8. The molecule has 21 heavy (non-hydrogen) atoms. The quantitative estimate of drug-likeness (QED) is 0.770. The first-order valence-corrected chi connectivity index (χ1v) is 8.12. The van der Waals surface area contributed by atoms with Crippen molar-refractivity contribution >= 4 is 33.7 Å². The molecule has 3 aromatic heterocycles. The fraction of sp³-hybridized carbons (Fsp3) is 0.214. The number of nitrogen functional groups attached to an aromatic ring is 1. The lowest BCUT2D eigenvalue weighted by atomic mass is 10.2. The molecule has 0 amide bonds. The lowest BCUT2D eigenvalue weighted by Gasteiger charge is -2.05. The monoisotopic (exact) mass is 317 g/mol. The summed E-state index contributed by atoms with van der Waals surface area (Å²) in [6.45, 7) is 4.64. The van der Waals surface area contributed by atoms with E-state index in [1.165, 1.54) is 11.5 Å². The van der Waals surface area contributed by atoms with Crippen LogP contribution in [0.25, 0.3) is 10.6 Å². The van der Waals surface area contributed by atoms with Crippen molar-refractivity contribution in [3.8, 4) is 10.6 Å². The van der Waals surface area contributed by atoms with Gasteiger partial charge < -0.3 is 11.1 Å². The first-order chi connectivity index (χ1) is 10.1. The van der Waals surface area contributed by atoms with Gasteiger partial charge in [-0.05, 0) is 37.0 Å². The Bertz CT molecular complexity index is 745. The van der Waals surface area contributed by atoms with Crippen molar-refractivity contribution < 1.29 is 0 Å². The second-order valence-electron chi connectivity index (χ2n) is 4.73. The van der Waals surface area contributed by atoms with Crippen molar-refractivity contribution in [2.75, 3.05) is 11.1 Å². The number of hydrogen-bond donors (Lipinski definition) is 2. The lowest BCUT2D eigenvalue weighted by Crippen LogP contribution is -2.00. The van der Waals surface area contributed by atoms with Gasteiger partial charge in [0.2, 0.25) is 0 Å². The predicted octanol–water partition coefficient (Wildman–Crippen LogP) is 3.47. The second kappa shape index (κ2) is 5.79. The van der Waals surface area contributed by atoms with Gasteiger partial charge in [0.25, 0.3) is 0 Å². The van der Waals surface area contributed by atoms with Crippen LogP contribution in [-0.4, -0.2) is 14.3 Å². The number of thiazole rings is 1. The molecule has 0 saturated heterocycles.